The average Bonchev–Trinajstić information content (AvgIpc) is 3.65. The van der Waals surface area contributed by atoms with E-state index in [4.69, 9.17) is 30.8 Å². The largest absolute Gasteiger partial charge is 0.494 e. The Hall–Kier alpha value is -4.77. The molecule has 1 aliphatic rings. The number of ether oxygens (including phenoxy) is 3. The summed E-state index contributed by atoms with van der Waals surface area (Å²) in [6, 6.07) is 11.3. The Labute approximate surface area is 260 Å². The Morgan fingerprint density at radius 3 is 2.59 bits per heavy atom. The van der Waals surface area contributed by atoms with Crippen LogP contribution in [-0.2, 0) is 16.6 Å². The van der Waals surface area contributed by atoms with E-state index in [0.717, 1.165) is 35.4 Å². The van der Waals surface area contributed by atoms with Gasteiger partial charge in [0, 0.05) is 35.8 Å². The molecule has 5 rings (SSSR count). The molecule has 0 radical (unpaired) electrons. The number of hydrogen-bond donors (Lipinski definition) is 3. The number of fused-ring (bicyclic) bond motifs is 1. The number of aromatic nitrogens is 3. The number of benzene rings is 2. The van der Waals surface area contributed by atoms with Crippen LogP contribution in [0.2, 0.25) is 5.02 Å². The fraction of sp³-hybridized carbons (Fsp3) is 0.312. The number of nitrogens with zero attached hydrogens (tertiary/aromatic N) is 3. The molecule has 0 saturated heterocycles. The lowest BCUT2D eigenvalue weighted by Gasteiger charge is -2.24. The van der Waals surface area contributed by atoms with Crippen molar-refractivity contribution in [3.8, 4) is 22.8 Å². The average molecular weight is 619 g/mol. The van der Waals surface area contributed by atoms with Crippen LogP contribution in [-0.4, -0.2) is 51.4 Å². The second kappa shape index (κ2) is 12.1. The van der Waals surface area contributed by atoms with E-state index in [0.29, 0.717) is 33.6 Å². The van der Waals surface area contributed by atoms with Crippen LogP contribution in [0.1, 0.15) is 33.6 Å². The molecule has 2 amide bonds. The number of para-hydroxylation sites is 1. The van der Waals surface area contributed by atoms with Crippen molar-refractivity contribution >= 4 is 51.8 Å². The van der Waals surface area contributed by atoms with Crippen LogP contribution in [0.25, 0.3) is 22.2 Å². The number of alkyl carbamates (subject to hydrolysis) is 1. The summed E-state index contributed by atoms with van der Waals surface area (Å²) in [5, 5.41) is 10.3. The van der Waals surface area contributed by atoms with Crippen molar-refractivity contribution in [3.63, 3.8) is 0 Å². The molecule has 2 aromatic carbocycles. The molecule has 1 fully saturated rings. The third-order valence-corrected chi connectivity index (χ3v) is 7.29. The van der Waals surface area contributed by atoms with Crippen LogP contribution >= 0.6 is 11.6 Å². The van der Waals surface area contributed by atoms with Crippen LogP contribution < -0.4 is 25.4 Å². The van der Waals surface area contributed by atoms with Gasteiger partial charge in [0.15, 0.2) is 0 Å². The van der Waals surface area contributed by atoms with E-state index in [-0.39, 0.29) is 12.6 Å². The minimum absolute atomic E-state index is 0.161. The maximum Gasteiger partial charge on any atom is 0.408 e. The number of methoxy groups -OCH3 is 1. The van der Waals surface area contributed by atoms with Crippen LogP contribution in [0.5, 0.6) is 11.5 Å². The van der Waals surface area contributed by atoms with Crippen LogP contribution in [0, 0.1) is 0 Å². The standard InChI is InChI=1S/C32H35ClN6O5/c1-7-27(40)35-23-14-22(25(42-6)15-26(23)43-18-32(12-13-32)38-30(41)44-31(2,3)4)36-29-34-16-21(33)28(37-29)20-17-39(5)24-11-9-8-10-19(20)24/h7-11,14-17H,1,12-13,18H2,2-6H3,(H,35,40)(H,38,41)(H,34,36,37). The molecule has 4 aromatic rings. The van der Waals surface area contributed by atoms with Crippen LogP contribution in [0.4, 0.5) is 22.1 Å². The van der Waals surface area contributed by atoms with Gasteiger partial charge in [-0.1, -0.05) is 36.4 Å². The number of aryl methyl sites for hydroxylation is 1. The highest BCUT2D eigenvalue weighted by Crippen LogP contribution is 2.41. The number of halogens is 1. The summed E-state index contributed by atoms with van der Waals surface area (Å²) in [5.74, 6) is 0.587. The molecule has 0 spiro atoms. The second-order valence-corrected chi connectivity index (χ2v) is 12.0. The molecule has 0 atom stereocenters. The summed E-state index contributed by atoms with van der Waals surface area (Å²) in [6.07, 6.45) is 5.61. The molecule has 44 heavy (non-hydrogen) atoms. The minimum Gasteiger partial charge on any atom is -0.494 e. The molecule has 11 nitrogen and oxygen atoms in total. The van der Waals surface area contributed by atoms with E-state index < -0.39 is 23.1 Å². The Morgan fingerprint density at radius 1 is 1.16 bits per heavy atom. The van der Waals surface area contributed by atoms with E-state index in [1.54, 1.807) is 32.9 Å². The molecule has 2 aromatic heterocycles. The molecule has 230 valence electrons. The minimum atomic E-state index is -0.622. The van der Waals surface area contributed by atoms with Crippen molar-refractivity contribution in [1.82, 2.24) is 19.9 Å². The Morgan fingerprint density at radius 2 is 1.91 bits per heavy atom. The second-order valence-electron chi connectivity index (χ2n) is 11.6. The van der Waals surface area contributed by atoms with Gasteiger partial charge >= 0.3 is 6.09 Å². The number of rotatable bonds is 10. The van der Waals surface area contributed by atoms with Crippen LogP contribution in [0.15, 0.2) is 61.4 Å². The first kappa shape index (κ1) is 30.7. The first-order valence-electron chi connectivity index (χ1n) is 14.0. The van der Waals surface area contributed by atoms with Crippen molar-refractivity contribution in [1.29, 1.82) is 0 Å². The first-order valence-corrected chi connectivity index (χ1v) is 14.4. The zero-order valence-corrected chi connectivity index (χ0v) is 26.0. The van der Waals surface area contributed by atoms with Gasteiger partial charge in [-0.2, -0.15) is 0 Å². The van der Waals surface area contributed by atoms with Crippen molar-refractivity contribution in [2.24, 2.45) is 7.05 Å². The smallest absolute Gasteiger partial charge is 0.408 e. The molecule has 0 bridgehead atoms. The van der Waals surface area contributed by atoms with Crippen molar-refractivity contribution < 1.29 is 23.8 Å². The monoisotopic (exact) mass is 618 g/mol. The molecule has 1 saturated carbocycles. The first-order chi connectivity index (χ1) is 20.9. The third-order valence-electron chi connectivity index (χ3n) is 7.01. The molecule has 12 heteroatoms. The molecule has 2 heterocycles. The van der Waals surface area contributed by atoms with Crippen molar-refractivity contribution in [3.05, 3.63) is 66.5 Å². The van der Waals surface area contributed by atoms with E-state index >= 15 is 0 Å². The normalized spacial score (nSPS) is 13.6. The SMILES string of the molecule is C=CC(=O)Nc1cc(Nc2ncc(Cl)c(-c3cn(C)c4ccccc34)n2)c(OC)cc1OCC1(NC(=O)OC(C)(C)C)CC1. The number of hydrogen-bond acceptors (Lipinski definition) is 8. The van der Waals surface area contributed by atoms with Gasteiger partial charge in [-0.3, -0.25) is 4.79 Å². The van der Waals surface area contributed by atoms with E-state index in [1.165, 1.54) is 13.3 Å². The van der Waals surface area contributed by atoms with Crippen molar-refractivity contribution in [2.75, 3.05) is 24.4 Å². The van der Waals surface area contributed by atoms with Gasteiger partial charge in [-0.05, 0) is 51.8 Å². The fourth-order valence-corrected chi connectivity index (χ4v) is 4.88. The van der Waals surface area contributed by atoms with Gasteiger partial charge < -0.3 is 34.7 Å². The van der Waals surface area contributed by atoms with Gasteiger partial charge in [0.05, 0.1) is 40.9 Å². The van der Waals surface area contributed by atoms with Gasteiger partial charge in [0.2, 0.25) is 11.9 Å². The van der Waals surface area contributed by atoms with Crippen molar-refractivity contribution in [2.45, 2.75) is 44.8 Å². The fourth-order valence-electron chi connectivity index (χ4n) is 4.69. The highest BCUT2D eigenvalue weighted by atomic mass is 35.5. The maximum absolute atomic E-state index is 12.4. The van der Waals surface area contributed by atoms with E-state index in [1.807, 2.05) is 42.1 Å². The van der Waals surface area contributed by atoms with Gasteiger partial charge in [0.25, 0.3) is 0 Å². The lowest BCUT2D eigenvalue weighted by Crippen LogP contribution is -2.44. The molecular formula is C32H35ClN6O5. The van der Waals surface area contributed by atoms with Gasteiger partial charge in [-0.15, -0.1) is 0 Å². The van der Waals surface area contributed by atoms with Crippen LogP contribution in [0.3, 0.4) is 0 Å². The summed E-state index contributed by atoms with van der Waals surface area (Å²) in [6.45, 7) is 9.12. The van der Waals surface area contributed by atoms with E-state index in [9.17, 15) is 9.59 Å². The number of amides is 2. The van der Waals surface area contributed by atoms with E-state index in [2.05, 4.69) is 27.5 Å². The summed E-state index contributed by atoms with van der Waals surface area (Å²) < 4.78 is 19.2. The summed E-state index contributed by atoms with van der Waals surface area (Å²) in [5.41, 5.74) is 2.10. The summed E-state index contributed by atoms with van der Waals surface area (Å²) in [4.78, 5) is 33.8. The predicted molar refractivity (Wildman–Crippen MR) is 171 cm³/mol. The summed E-state index contributed by atoms with van der Waals surface area (Å²) >= 11 is 6.57. The molecular weight excluding hydrogens is 584 g/mol. The predicted octanol–water partition coefficient (Wildman–Crippen LogP) is 6.60. The lowest BCUT2D eigenvalue weighted by molar-refractivity contribution is -0.111. The molecule has 0 unspecified atom stereocenters. The number of nitrogens with one attached hydrogen (secondary N) is 3. The Kier molecular flexibility index (Phi) is 8.42. The quantitative estimate of drug-likeness (QED) is 0.170. The number of carbonyl (C=O) groups is 2. The Balaban J connectivity index is 1.42. The molecule has 0 aliphatic heterocycles. The molecule has 3 N–H and O–H groups in total. The summed E-state index contributed by atoms with van der Waals surface area (Å²) in [7, 11) is 3.48. The zero-order valence-electron chi connectivity index (χ0n) is 25.3. The number of anilines is 3. The molecule has 1 aliphatic carbocycles. The zero-order chi connectivity index (χ0) is 31.6. The maximum atomic E-state index is 12.4. The van der Waals surface area contributed by atoms with Gasteiger partial charge in [-0.25, -0.2) is 14.8 Å². The highest BCUT2D eigenvalue weighted by molar-refractivity contribution is 6.33. The topological polar surface area (TPSA) is 129 Å². The van der Waals surface area contributed by atoms with Gasteiger partial charge in [0.1, 0.15) is 23.7 Å². The lowest BCUT2D eigenvalue weighted by atomic mass is 10.1. The number of carbonyl (C=O) groups excluding carboxylic acids is 2. The highest BCUT2D eigenvalue weighted by Gasteiger charge is 2.46. The Bertz CT molecular complexity index is 1740. The third kappa shape index (κ3) is 6.89.